The third kappa shape index (κ3) is 3.80. The molecule has 7 heteroatoms. The van der Waals surface area contributed by atoms with Crippen molar-refractivity contribution in [3.63, 3.8) is 0 Å². The SMILES string of the molecule is Cc1ccc(CSc2nnc(-c3cnn(-c4ccccc4)c3-n3cccc3)n2C)cc1. The normalized spacial score (nSPS) is 11.2. The molecule has 0 spiro atoms. The van der Waals surface area contributed by atoms with Crippen molar-refractivity contribution in [3.8, 4) is 22.9 Å². The van der Waals surface area contributed by atoms with E-state index in [1.165, 1.54) is 11.1 Å². The predicted octanol–water partition coefficient (Wildman–Crippen LogP) is 5.06. The van der Waals surface area contributed by atoms with E-state index in [2.05, 4.69) is 51.1 Å². The third-order valence-corrected chi connectivity index (χ3v) is 6.25. The number of para-hydroxylation sites is 1. The Morgan fingerprint density at radius 1 is 0.871 bits per heavy atom. The fraction of sp³-hybridized carbons (Fsp3) is 0.125. The van der Waals surface area contributed by atoms with Crippen LogP contribution in [0.3, 0.4) is 0 Å². The van der Waals surface area contributed by atoms with Crippen molar-refractivity contribution < 1.29 is 0 Å². The van der Waals surface area contributed by atoms with E-state index < -0.39 is 0 Å². The molecule has 5 rings (SSSR count). The summed E-state index contributed by atoms with van der Waals surface area (Å²) in [4.78, 5) is 0. The zero-order chi connectivity index (χ0) is 21.2. The Kier molecular flexibility index (Phi) is 5.18. The van der Waals surface area contributed by atoms with Gasteiger partial charge in [-0.05, 0) is 36.8 Å². The molecule has 0 fully saturated rings. The molecule has 0 amide bonds. The summed E-state index contributed by atoms with van der Waals surface area (Å²) in [5.74, 6) is 2.57. The first kappa shape index (κ1) is 19.4. The van der Waals surface area contributed by atoms with Gasteiger partial charge in [0.2, 0.25) is 0 Å². The van der Waals surface area contributed by atoms with Gasteiger partial charge in [0.1, 0.15) is 0 Å². The van der Waals surface area contributed by atoms with E-state index in [0.29, 0.717) is 0 Å². The van der Waals surface area contributed by atoms with Gasteiger partial charge in [-0.15, -0.1) is 10.2 Å². The van der Waals surface area contributed by atoms with E-state index in [0.717, 1.165) is 33.8 Å². The molecule has 0 bridgehead atoms. The smallest absolute Gasteiger partial charge is 0.191 e. The molecular weight excluding hydrogens is 404 g/mol. The molecule has 5 aromatic rings. The summed E-state index contributed by atoms with van der Waals surface area (Å²) in [6.07, 6.45) is 5.90. The lowest BCUT2D eigenvalue weighted by Crippen LogP contribution is -2.06. The largest absolute Gasteiger partial charge is 0.308 e. The molecule has 3 heterocycles. The first-order valence-corrected chi connectivity index (χ1v) is 11.0. The van der Waals surface area contributed by atoms with Crippen molar-refractivity contribution in [2.45, 2.75) is 17.8 Å². The number of thioether (sulfide) groups is 1. The minimum absolute atomic E-state index is 0.789. The molecular formula is C24H22N6S. The maximum Gasteiger partial charge on any atom is 0.191 e. The van der Waals surface area contributed by atoms with E-state index >= 15 is 0 Å². The summed E-state index contributed by atoms with van der Waals surface area (Å²) < 4.78 is 6.03. The van der Waals surface area contributed by atoms with Crippen LogP contribution < -0.4 is 0 Å². The van der Waals surface area contributed by atoms with Crippen LogP contribution in [-0.2, 0) is 12.8 Å². The molecule has 2 aromatic carbocycles. The average Bonchev–Trinajstić information content (AvgIpc) is 3.54. The lowest BCUT2D eigenvalue weighted by Gasteiger charge is -2.11. The summed E-state index contributed by atoms with van der Waals surface area (Å²) in [6, 6.07) is 22.7. The van der Waals surface area contributed by atoms with Gasteiger partial charge in [-0.25, -0.2) is 4.68 Å². The maximum atomic E-state index is 4.68. The van der Waals surface area contributed by atoms with Crippen LogP contribution in [0, 0.1) is 6.92 Å². The second-order valence-electron chi connectivity index (χ2n) is 7.36. The van der Waals surface area contributed by atoms with Gasteiger partial charge in [-0.3, -0.25) is 0 Å². The van der Waals surface area contributed by atoms with E-state index in [-0.39, 0.29) is 0 Å². The second-order valence-corrected chi connectivity index (χ2v) is 8.30. The van der Waals surface area contributed by atoms with Crippen molar-refractivity contribution in [2.75, 3.05) is 0 Å². The summed E-state index contributed by atoms with van der Waals surface area (Å²) in [6.45, 7) is 2.10. The number of benzene rings is 2. The molecule has 31 heavy (non-hydrogen) atoms. The molecule has 6 nitrogen and oxygen atoms in total. The molecule has 0 atom stereocenters. The van der Waals surface area contributed by atoms with Crippen molar-refractivity contribution in [3.05, 3.63) is 96.4 Å². The van der Waals surface area contributed by atoms with Crippen LogP contribution in [0.5, 0.6) is 0 Å². The van der Waals surface area contributed by atoms with Crippen LogP contribution in [0.2, 0.25) is 0 Å². The number of hydrogen-bond donors (Lipinski definition) is 0. The molecule has 0 radical (unpaired) electrons. The number of rotatable bonds is 6. The predicted molar refractivity (Wildman–Crippen MR) is 124 cm³/mol. The van der Waals surface area contributed by atoms with Crippen LogP contribution in [0.4, 0.5) is 0 Å². The summed E-state index contributed by atoms with van der Waals surface area (Å²) >= 11 is 1.68. The van der Waals surface area contributed by atoms with Gasteiger partial charge in [0.15, 0.2) is 16.8 Å². The first-order chi connectivity index (χ1) is 15.2. The Morgan fingerprint density at radius 3 is 2.35 bits per heavy atom. The van der Waals surface area contributed by atoms with Crippen LogP contribution in [0.1, 0.15) is 11.1 Å². The molecule has 0 aliphatic carbocycles. The molecule has 0 unspecified atom stereocenters. The Morgan fingerprint density at radius 2 is 1.61 bits per heavy atom. The van der Waals surface area contributed by atoms with Gasteiger partial charge in [0.25, 0.3) is 0 Å². The van der Waals surface area contributed by atoms with Gasteiger partial charge in [0.05, 0.1) is 17.4 Å². The first-order valence-electron chi connectivity index (χ1n) is 10.1. The standard InChI is InChI=1S/C24H22N6S/c1-18-10-12-19(13-11-18)17-31-24-27-26-22(28(24)2)21-16-25-30(20-8-4-3-5-9-20)23(21)29-14-6-7-15-29/h3-16H,17H2,1-2H3. The second kappa shape index (κ2) is 8.28. The quantitative estimate of drug-likeness (QED) is 0.356. The van der Waals surface area contributed by atoms with E-state index in [4.69, 9.17) is 0 Å². The van der Waals surface area contributed by atoms with Gasteiger partial charge < -0.3 is 9.13 Å². The molecule has 0 aliphatic heterocycles. The van der Waals surface area contributed by atoms with Crippen molar-refractivity contribution in [1.29, 1.82) is 0 Å². The van der Waals surface area contributed by atoms with E-state index in [1.54, 1.807) is 11.8 Å². The zero-order valence-corrected chi connectivity index (χ0v) is 18.2. The number of aromatic nitrogens is 6. The molecule has 154 valence electrons. The topological polar surface area (TPSA) is 53.5 Å². The van der Waals surface area contributed by atoms with Crippen LogP contribution in [0.25, 0.3) is 22.9 Å². The zero-order valence-electron chi connectivity index (χ0n) is 17.4. The minimum Gasteiger partial charge on any atom is -0.308 e. The molecule has 0 saturated heterocycles. The molecule has 0 N–H and O–H groups in total. The van der Waals surface area contributed by atoms with Crippen molar-refractivity contribution in [2.24, 2.45) is 7.05 Å². The fourth-order valence-corrected chi connectivity index (χ4v) is 4.36. The van der Waals surface area contributed by atoms with Crippen LogP contribution >= 0.6 is 11.8 Å². The Balaban J connectivity index is 1.51. The maximum absolute atomic E-state index is 4.68. The number of nitrogens with zero attached hydrogens (tertiary/aromatic N) is 6. The number of hydrogen-bond acceptors (Lipinski definition) is 4. The van der Waals surface area contributed by atoms with Gasteiger partial charge in [-0.1, -0.05) is 59.8 Å². The van der Waals surface area contributed by atoms with Crippen LogP contribution in [-0.4, -0.2) is 29.1 Å². The lowest BCUT2D eigenvalue weighted by atomic mass is 10.2. The summed E-state index contributed by atoms with van der Waals surface area (Å²) in [5, 5.41) is 14.5. The molecule has 3 aromatic heterocycles. The monoisotopic (exact) mass is 426 g/mol. The highest BCUT2D eigenvalue weighted by molar-refractivity contribution is 7.98. The highest BCUT2D eigenvalue weighted by Gasteiger charge is 2.21. The van der Waals surface area contributed by atoms with E-state index in [9.17, 15) is 0 Å². The highest BCUT2D eigenvalue weighted by atomic mass is 32.2. The van der Waals surface area contributed by atoms with Crippen molar-refractivity contribution in [1.82, 2.24) is 29.1 Å². The minimum atomic E-state index is 0.789. The van der Waals surface area contributed by atoms with Gasteiger partial charge in [0, 0.05) is 25.2 Å². The average molecular weight is 427 g/mol. The lowest BCUT2D eigenvalue weighted by molar-refractivity contribution is 0.791. The van der Waals surface area contributed by atoms with Gasteiger partial charge >= 0.3 is 0 Å². The fourth-order valence-electron chi connectivity index (χ4n) is 3.49. The van der Waals surface area contributed by atoms with Gasteiger partial charge in [-0.2, -0.15) is 5.10 Å². The summed E-state index contributed by atoms with van der Waals surface area (Å²) in [7, 11) is 2.01. The third-order valence-electron chi connectivity index (χ3n) is 5.16. The Hall–Kier alpha value is -3.58. The Labute approximate surface area is 185 Å². The highest BCUT2D eigenvalue weighted by Crippen LogP contribution is 2.30. The van der Waals surface area contributed by atoms with Crippen molar-refractivity contribution >= 4 is 11.8 Å². The summed E-state index contributed by atoms with van der Waals surface area (Å²) in [5.41, 5.74) is 4.46. The van der Waals surface area contributed by atoms with E-state index in [1.807, 2.05) is 77.4 Å². The molecule has 0 saturated carbocycles. The Bertz CT molecular complexity index is 1280. The molecule has 0 aliphatic rings. The number of aryl methyl sites for hydroxylation is 1. The van der Waals surface area contributed by atoms with Crippen LogP contribution in [0.15, 0.2) is 90.5 Å².